The summed E-state index contributed by atoms with van der Waals surface area (Å²) >= 11 is 10.8. The molecule has 44 valence electrons. The van der Waals surface area contributed by atoms with Crippen molar-refractivity contribution >= 4 is 32.7 Å². The molecule has 0 aromatic heterocycles. The van der Waals surface area contributed by atoms with Gasteiger partial charge in [0.15, 0.2) is 0 Å². The fraction of sp³-hybridized carbons (Fsp3) is 0.750. The number of halogens is 2. The smallest absolute Gasteiger partial charge is 0.105 e. The first-order chi connectivity index (χ1) is 3.66. The molecule has 2 radical (unpaired) electrons. The molecule has 0 saturated heterocycles. The molecule has 0 spiro atoms. The summed E-state index contributed by atoms with van der Waals surface area (Å²) in [5, 5.41) is 8.22. The second-order valence-electron chi connectivity index (χ2n) is 1.32. The maximum atomic E-state index is 8.22. The molecule has 0 fully saturated rings. The van der Waals surface area contributed by atoms with Crippen LogP contribution in [0, 0.1) is 11.3 Å². The van der Waals surface area contributed by atoms with Crippen molar-refractivity contribution in [3.8, 4) is 6.07 Å². The molecule has 0 N–H and O–H groups in total. The van der Waals surface area contributed by atoms with E-state index in [2.05, 4.69) is 0 Å². The van der Waals surface area contributed by atoms with Gasteiger partial charge in [-0.25, -0.2) is 0 Å². The summed E-state index contributed by atoms with van der Waals surface area (Å²) in [5.41, 5.74) is -0.00463. The zero-order valence-corrected chi connectivity index (χ0v) is 6.87. The Morgan fingerprint density at radius 1 is 1.62 bits per heavy atom. The molecule has 0 aromatic rings. The fourth-order valence-corrected chi connectivity index (χ4v) is 1.81. The Hall–Kier alpha value is 0.287. The van der Waals surface area contributed by atoms with Gasteiger partial charge in [0.2, 0.25) is 0 Å². The van der Waals surface area contributed by atoms with Crippen molar-refractivity contribution in [3.63, 3.8) is 0 Å². The summed E-state index contributed by atoms with van der Waals surface area (Å²) in [6, 6.07) is 2.04. The number of hydrogen-bond acceptors (Lipinski definition) is 1. The van der Waals surface area contributed by atoms with Gasteiger partial charge in [-0.3, -0.25) is 0 Å². The van der Waals surface area contributed by atoms with Gasteiger partial charge in [0, 0.05) is 5.54 Å². The van der Waals surface area contributed by atoms with Crippen LogP contribution < -0.4 is 0 Å². The molecule has 0 aliphatic heterocycles. The molecule has 0 bridgehead atoms. The molecule has 0 saturated carbocycles. The normalized spacial score (nSPS) is 13.4. The van der Waals surface area contributed by atoms with Crippen molar-refractivity contribution < 1.29 is 0 Å². The maximum absolute atomic E-state index is 8.22. The van der Waals surface area contributed by atoms with Crippen LogP contribution >= 0.6 is 23.2 Å². The molecule has 0 heterocycles. The van der Waals surface area contributed by atoms with Crippen LogP contribution in [0.4, 0.5) is 0 Å². The SMILES string of the molecule is CC(C#N)[Si]C(Cl)Cl. The van der Waals surface area contributed by atoms with Gasteiger partial charge in [0.1, 0.15) is 9.52 Å². The topological polar surface area (TPSA) is 23.8 Å². The Bertz CT molecular complexity index is 98.7. The Morgan fingerprint density at radius 3 is 2.25 bits per heavy atom. The van der Waals surface area contributed by atoms with E-state index in [0.717, 1.165) is 0 Å². The van der Waals surface area contributed by atoms with Crippen LogP contribution in [0.15, 0.2) is 0 Å². The average molecular weight is 166 g/mol. The Morgan fingerprint density at radius 2 is 2.12 bits per heavy atom. The van der Waals surface area contributed by atoms with Gasteiger partial charge in [0.05, 0.1) is 10.5 Å². The summed E-state index contributed by atoms with van der Waals surface area (Å²) in [5.74, 6) is 0. The molecule has 1 nitrogen and oxygen atoms in total. The minimum absolute atomic E-state index is 0.00463. The molecular weight excluding hydrogens is 161 g/mol. The number of nitrogens with zero attached hydrogens (tertiary/aromatic N) is 1. The number of nitriles is 1. The van der Waals surface area contributed by atoms with Crippen LogP contribution in [0.25, 0.3) is 0 Å². The summed E-state index contributed by atoms with van der Waals surface area (Å²) in [4.78, 5) is 0. The highest BCUT2D eigenvalue weighted by molar-refractivity contribution is 6.69. The van der Waals surface area contributed by atoms with E-state index in [-0.39, 0.29) is 10.0 Å². The third kappa shape index (κ3) is 4.45. The maximum Gasteiger partial charge on any atom is 0.105 e. The third-order valence-electron chi connectivity index (χ3n) is 0.570. The average Bonchev–Trinajstić information content (AvgIpc) is 1.65. The zero-order valence-electron chi connectivity index (χ0n) is 4.36. The second-order valence-corrected chi connectivity index (χ2v) is 4.92. The van der Waals surface area contributed by atoms with Gasteiger partial charge in [-0.1, -0.05) is 6.92 Å². The monoisotopic (exact) mass is 165 g/mol. The van der Waals surface area contributed by atoms with Crippen LogP contribution in [0.2, 0.25) is 5.54 Å². The lowest BCUT2D eigenvalue weighted by atomic mass is 10.5. The van der Waals surface area contributed by atoms with E-state index in [1.54, 1.807) is 6.92 Å². The quantitative estimate of drug-likeness (QED) is 0.453. The lowest BCUT2D eigenvalue weighted by molar-refractivity contribution is 1.18. The van der Waals surface area contributed by atoms with Crippen LogP contribution in [0.3, 0.4) is 0 Å². The van der Waals surface area contributed by atoms with Crippen LogP contribution in [-0.2, 0) is 0 Å². The second kappa shape index (κ2) is 4.19. The Kier molecular flexibility index (Phi) is 4.34. The van der Waals surface area contributed by atoms with E-state index in [0.29, 0.717) is 9.52 Å². The van der Waals surface area contributed by atoms with E-state index in [4.69, 9.17) is 28.5 Å². The summed E-state index contributed by atoms with van der Waals surface area (Å²) in [6.45, 7) is 1.80. The molecule has 1 atom stereocenters. The van der Waals surface area contributed by atoms with Gasteiger partial charge in [-0.2, -0.15) is 5.26 Å². The highest BCUT2D eigenvalue weighted by atomic mass is 35.5. The third-order valence-corrected chi connectivity index (χ3v) is 2.21. The summed E-state index contributed by atoms with van der Waals surface area (Å²) in [6.07, 6.45) is 0. The predicted octanol–water partition coefficient (Wildman–Crippen LogP) is 1.78. The molecule has 0 aliphatic carbocycles. The largest absolute Gasteiger partial charge is 0.198 e. The van der Waals surface area contributed by atoms with Gasteiger partial charge in [-0.05, 0) is 0 Å². The van der Waals surface area contributed by atoms with Crippen molar-refractivity contribution in [3.05, 3.63) is 0 Å². The molecule has 1 unspecified atom stereocenters. The van der Waals surface area contributed by atoms with Crippen molar-refractivity contribution in [1.82, 2.24) is 0 Å². The molecular formula is C4H5Cl2NSi. The highest BCUT2D eigenvalue weighted by Crippen LogP contribution is 2.07. The van der Waals surface area contributed by atoms with Crippen molar-refractivity contribution in [2.45, 2.75) is 16.9 Å². The first-order valence-electron chi connectivity index (χ1n) is 2.10. The molecule has 8 heavy (non-hydrogen) atoms. The molecule has 0 aromatic carbocycles. The molecule has 4 heteroatoms. The lowest BCUT2D eigenvalue weighted by Crippen LogP contribution is -2.05. The highest BCUT2D eigenvalue weighted by Gasteiger charge is 2.06. The van der Waals surface area contributed by atoms with E-state index in [9.17, 15) is 0 Å². The van der Waals surface area contributed by atoms with Crippen molar-refractivity contribution in [2.24, 2.45) is 0 Å². The van der Waals surface area contributed by atoms with E-state index >= 15 is 0 Å². The number of hydrogen-bond donors (Lipinski definition) is 0. The van der Waals surface area contributed by atoms with Crippen molar-refractivity contribution in [2.75, 3.05) is 0 Å². The van der Waals surface area contributed by atoms with E-state index in [1.807, 2.05) is 6.07 Å². The van der Waals surface area contributed by atoms with Crippen LogP contribution in [0.5, 0.6) is 0 Å². The van der Waals surface area contributed by atoms with Crippen LogP contribution in [-0.4, -0.2) is 14.0 Å². The summed E-state index contributed by atoms with van der Waals surface area (Å²) in [7, 11) is 0.332. The first kappa shape index (κ1) is 8.29. The van der Waals surface area contributed by atoms with Gasteiger partial charge in [-0.15, -0.1) is 23.2 Å². The predicted molar refractivity (Wildman–Crippen MR) is 36.3 cm³/mol. The molecule has 0 amide bonds. The molecule has 0 aliphatic rings. The van der Waals surface area contributed by atoms with Gasteiger partial charge < -0.3 is 0 Å². The number of rotatable bonds is 2. The standard InChI is InChI=1S/C4H5Cl2NSi/c1-3(2-7)8-4(5)6/h3-4H,1H3. The first-order valence-corrected chi connectivity index (χ1v) is 4.13. The van der Waals surface area contributed by atoms with E-state index < -0.39 is 0 Å². The van der Waals surface area contributed by atoms with Crippen LogP contribution in [0.1, 0.15) is 6.92 Å². The fourth-order valence-electron chi connectivity index (χ4n) is 0.226. The molecule has 0 rings (SSSR count). The summed E-state index contributed by atoms with van der Waals surface area (Å²) < 4.78 is -0.371. The number of alkyl halides is 2. The van der Waals surface area contributed by atoms with Gasteiger partial charge in [0.25, 0.3) is 0 Å². The zero-order chi connectivity index (χ0) is 6.57. The van der Waals surface area contributed by atoms with Crippen molar-refractivity contribution in [1.29, 1.82) is 5.26 Å². The Labute approximate surface area is 61.4 Å². The van der Waals surface area contributed by atoms with E-state index in [1.165, 1.54) is 0 Å². The lowest BCUT2D eigenvalue weighted by Gasteiger charge is -1.97. The minimum Gasteiger partial charge on any atom is -0.198 e. The van der Waals surface area contributed by atoms with Gasteiger partial charge >= 0.3 is 0 Å². The Balaban J connectivity index is 3.28. The minimum atomic E-state index is -0.371.